The summed E-state index contributed by atoms with van der Waals surface area (Å²) in [6.45, 7) is 3.92. The molecule has 172 valence electrons. The third-order valence-electron chi connectivity index (χ3n) is 8.44. The maximum absolute atomic E-state index is 13.6. The zero-order chi connectivity index (χ0) is 22.5. The Morgan fingerprint density at radius 2 is 1.50 bits per heavy atom. The minimum atomic E-state index is -0.110. The lowest BCUT2D eigenvalue weighted by Gasteiger charge is -2.57. The van der Waals surface area contributed by atoms with E-state index in [-0.39, 0.29) is 23.5 Å². The van der Waals surface area contributed by atoms with Crippen molar-refractivity contribution in [1.82, 2.24) is 9.80 Å². The van der Waals surface area contributed by atoms with E-state index < -0.39 is 0 Å². The summed E-state index contributed by atoms with van der Waals surface area (Å²) in [6, 6.07) is 5.23. The number of carbonyl (C=O) groups excluding carboxylic acids is 3. The molecule has 5 fully saturated rings. The van der Waals surface area contributed by atoms with Crippen molar-refractivity contribution < 1.29 is 19.1 Å². The van der Waals surface area contributed by atoms with Crippen LogP contribution in [0.2, 0.25) is 0 Å². The normalized spacial score (nSPS) is 31.0. The minimum absolute atomic E-state index is 0.0194. The van der Waals surface area contributed by atoms with Gasteiger partial charge in [0.25, 0.3) is 0 Å². The predicted molar refractivity (Wildman–Crippen MR) is 120 cm³/mol. The molecule has 4 aliphatic carbocycles. The molecule has 6 rings (SSSR count). The summed E-state index contributed by atoms with van der Waals surface area (Å²) in [5.41, 5.74) is 1.21. The van der Waals surface area contributed by atoms with Crippen LogP contribution in [0.1, 0.15) is 61.4 Å². The van der Waals surface area contributed by atoms with Crippen LogP contribution in [0.25, 0.3) is 0 Å². The van der Waals surface area contributed by atoms with Crippen LogP contribution in [-0.4, -0.2) is 60.7 Å². The molecular weight excluding hydrogens is 404 g/mol. The lowest BCUT2D eigenvalue weighted by Crippen LogP contribution is -2.58. The number of carbonyl (C=O) groups is 3. The number of hydrogen-bond donors (Lipinski definition) is 0. The fourth-order valence-corrected chi connectivity index (χ4v) is 7.28. The second-order valence-electron chi connectivity index (χ2n) is 10.6. The molecule has 4 bridgehead atoms. The molecule has 0 atom stereocenters. The molecule has 0 spiro atoms. The Bertz CT molecular complexity index is 896. The van der Waals surface area contributed by atoms with Gasteiger partial charge in [-0.15, -0.1) is 0 Å². The second kappa shape index (κ2) is 8.20. The van der Waals surface area contributed by atoms with E-state index in [4.69, 9.17) is 4.74 Å². The largest absolute Gasteiger partial charge is 0.496 e. The van der Waals surface area contributed by atoms with Gasteiger partial charge in [0.2, 0.25) is 11.8 Å². The topological polar surface area (TPSA) is 66.9 Å². The summed E-state index contributed by atoms with van der Waals surface area (Å²) in [5, 5.41) is 0. The van der Waals surface area contributed by atoms with Gasteiger partial charge >= 0.3 is 0 Å². The van der Waals surface area contributed by atoms with Gasteiger partial charge in [-0.2, -0.15) is 0 Å². The number of benzene rings is 1. The molecule has 1 aromatic carbocycles. The summed E-state index contributed by atoms with van der Waals surface area (Å²) in [7, 11) is 1.57. The van der Waals surface area contributed by atoms with Crippen molar-refractivity contribution in [2.75, 3.05) is 33.3 Å². The van der Waals surface area contributed by atoms with Crippen LogP contribution in [0.4, 0.5) is 0 Å². The number of Topliss-reactive ketones (excluding diaryl/α,β-unsaturated/α-hetero) is 1. The Morgan fingerprint density at radius 1 is 0.938 bits per heavy atom. The zero-order valence-electron chi connectivity index (χ0n) is 19.3. The van der Waals surface area contributed by atoms with E-state index in [1.54, 1.807) is 25.3 Å². The Balaban J connectivity index is 1.21. The minimum Gasteiger partial charge on any atom is -0.496 e. The van der Waals surface area contributed by atoms with Crippen molar-refractivity contribution in [3.63, 3.8) is 0 Å². The van der Waals surface area contributed by atoms with Crippen LogP contribution in [0.15, 0.2) is 18.2 Å². The summed E-state index contributed by atoms with van der Waals surface area (Å²) in [4.78, 5) is 42.2. The summed E-state index contributed by atoms with van der Waals surface area (Å²) >= 11 is 0. The first-order valence-corrected chi connectivity index (χ1v) is 12.1. The smallest absolute Gasteiger partial charge is 0.228 e. The highest BCUT2D eigenvalue weighted by Gasteiger charge is 2.55. The molecule has 5 aliphatic rings. The lowest BCUT2D eigenvalue weighted by atomic mass is 9.49. The van der Waals surface area contributed by atoms with Gasteiger partial charge in [-0.25, -0.2) is 0 Å². The molecule has 1 aliphatic heterocycles. The van der Waals surface area contributed by atoms with Crippen LogP contribution < -0.4 is 4.74 Å². The van der Waals surface area contributed by atoms with E-state index in [0.29, 0.717) is 43.4 Å². The van der Waals surface area contributed by atoms with Gasteiger partial charge in [-0.3, -0.25) is 14.4 Å². The first-order chi connectivity index (χ1) is 15.4. The van der Waals surface area contributed by atoms with Gasteiger partial charge in [0, 0.05) is 37.3 Å². The Morgan fingerprint density at radius 3 is 2.03 bits per heavy atom. The fourth-order valence-electron chi connectivity index (χ4n) is 7.28. The van der Waals surface area contributed by atoms with Crippen molar-refractivity contribution in [1.29, 1.82) is 0 Å². The molecule has 4 saturated carbocycles. The molecule has 0 N–H and O–H groups in total. The standard InChI is InChI=1S/C26H34N2O4/c1-17(29)21-3-4-23(32-2)22(12-21)13-24(30)27-5-7-28(8-6-27)25(31)26-14-18-9-19(15-26)11-20(10-18)16-26/h3-4,12,18-20H,5-11,13-16H2,1-2H3. The lowest BCUT2D eigenvalue weighted by molar-refractivity contribution is -0.160. The molecule has 0 unspecified atom stereocenters. The van der Waals surface area contributed by atoms with Crippen molar-refractivity contribution in [2.45, 2.75) is 51.9 Å². The average molecular weight is 439 g/mol. The highest BCUT2D eigenvalue weighted by atomic mass is 16.5. The highest BCUT2D eigenvalue weighted by Crippen LogP contribution is 2.60. The number of methoxy groups -OCH3 is 1. The summed E-state index contributed by atoms with van der Waals surface area (Å²) in [6.07, 6.45) is 7.47. The van der Waals surface area contributed by atoms with Crippen LogP contribution in [0, 0.1) is 23.2 Å². The maximum atomic E-state index is 13.6. The highest BCUT2D eigenvalue weighted by molar-refractivity contribution is 5.94. The first kappa shape index (κ1) is 21.5. The van der Waals surface area contributed by atoms with Crippen LogP contribution in [0.5, 0.6) is 5.75 Å². The molecule has 2 amide bonds. The van der Waals surface area contributed by atoms with E-state index in [9.17, 15) is 14.4 Å². The SMILES string of the molecule is COc1ccc(C(C)=O)cc1CC(=O)N1CCN(C(=O)C23CC4CC(CC(C4)C2)C3)CC1. The Labute approximate surface area is 190 Å². The van der Waals surface area contributed by atoms with Crippen LogP contribution >= 0.6 is 0 Å². The third-order valence-corrected chi connectivity index (χ3v) is 8.44. The number of ether oxygens (including phenoxy) is 1. The van der Waals surface area contributed by atoms with Crippen molar-refractivity contribution in [3.8, 4) is 5.75 Å². The molecule has 0 radical (unpaired) electrons. The molecule has 6 heteroatoms. The van der Waals surface area contributed by atoms with Crippen molar-refractivity contribution in [2.24, 2.45) is 23.2 Å². The van der Waals surface area contributed by atoms with Gasteiger partial charge in [-0.1, -0.05) is 0 Å². The molecule has 32 heavy (non-hydrogen) atoms. The van der Waals surface area contributed by atoms with Gasteiger partial charge in [-0.05, 0) is 81.4 Å². The number of amides is 2. The van der Waals surface area contributed by atoms with Crippen molar-refractivity contribution >= 4 is 17.6 Å². The van der Waals surface area contributed by atoms with E-state index in [1.807, 2.05) is 9.80 Å². The van der Waals surface area contributed by atoms with Gasteiger partial charge < -0.3 is 14.5 Å². The van der Waals surface area contributed by atoms with Gasteiger partial charge in [0.15, 0.2) is 5.78 Å². The first-order valence-electron chi connectivity index (χ1n) is 12.1. The second-order valence-corrected chi connectivity index (χ2v) is 10.6. The summed E-state index contributed by atoms with van der Waals surface area (Å²) in [5.74, 6) is 3.25. The molecular formula is C26H34N2O4. The Hall–Kier alpha value is -2.37. The number of nitrogens with zero attached hydrogens (tertiary/aromatic N) is 2. The average Bonchev–Trinajstić information content (AvgIpc) is 2.77. The number of ketones is 1. The molecule has 6 nitrogen and oxygen atoms in total. The molecule has 1 heterocycles. The van der Waals surface area contributed by atoms with Gasteiger partial charge in [0.05, 0.1) is 18.9 Å². The Kier molecular flexibility index (Phi) is 5.50. The van der Waals surface area contributed by atoms with Crippen molar-refractivity contribution in [3.05, 3.63) is 29.3 Å². The number of piperazine rings is 1. The van der Waals surface area contributed by atoms with Crippen LogP contribution in [0.3, 0.4) is 0 Å². The third kappa shape index (κ3) is 3.82. The van der Waals surface area contributed by atoms with E-state index in [1.165, 1.54) is 26.2 Å². The predicted octanol–water partition coefficient (Wildman–Crippen LogP) is 3.33. The fraction of sp³-hybridized carbons (Fsp3) is 0.654. The molecule has 0 aromatic heterocycles. The van der Waals surface area contributed by atoms with E-state index >= 15 is 0 Å². The number of hydrogen-bond acceptors (Lipinski definition) is 4. The monoisotopic (exact) mass is 438 g/mol. The van der Waals surface area contributed by atoms with Crippen LogP contribution in [-0.2, 0) is 16.0 Å². The van der Waals surface area contributed by atoms with E-state index in [2.05, 4.69) is 0 Å². The maximum Gasteiger partial charge on any atom is 0.228 e. The molecule has 1 saturated heterocycles. The zero-order valence-corrected chi connectivity index (χ0v) is 19.3. The number of rotatable bonds is 5. The molecule has 1 aromatic rings. The quantitative estimate of drug-likeness (QED) is 0.662. The summed E-state index contributed by atoms with van der Waals surface area (Å²) < 4.78 is 5.40. The van der Waals surface area contributed by atoms with E-state index in [0.717, 1.165) is 42.6 Å². The van der Waals surface area contributed by atoms with Gasteiger partial charge in [0.1, 0.15) is 5.75 Å².